The van der Waals surface area contributed by atoms with Gasteiger partial charge in [0.05, 0.1) is 6.42 Å². The minimum Gasteiger partial charge on any atom is -0.399 e. The highest BCUT2D eigenvalue weighted by Gasteiger charge is 2.32. The number of anilines is 1. The summed E-state index contributed by atoms with van der Waals surface area (Å²) < 4.78 is 0. The lowest BCUT2D eigenvalue weighted by Crippen LogP contribution is -2.49. The normalized spacial score (nSPS) is 20.5. The second kappa shape index (κ2) is 5.21. The number of rotatable bonds is 3. The second-order valence-electron chi connectivity index (χ2n) is 5.57. The largest absolute Gasteiger partial charge is 0.399 e. The SMILES string of the molecule is Nc1cccc(CC(=O)N2CCN(C3CC3)CC2)c1. The summed E-state index contributed by atoms with van der Waals surface area (Å²) in [6, 6.07) is 8.42. The first-order chi connectivity index (χ1) is 9.22. The van der Waals surface area contributed by atoms with Gasteiger partial charge in [-0.2, -0.15) is 0 Å². The summed E-state index contributed by atoms with van der Waals surface area (Å²) in [6.07, 6.45) is 3.16. The number of carbonyl (C=O) groups is 1. The van der Waals surface area contributed by atoms with E-state index in [1.54, 1.807) is 0 Å². The van der Waals surface area contributed by atoms with Crippen LogP contribution in [0.15, 0.2) is 24.3 Å². The molecule has 0 aromatic heterocycles. The third-order valence-corrected chi connectivity index (χ3v) is 4.04. The third-order valence-electron chi connectivity index (χ3n) is 4.04. The van der Waals surface area contributed by atoms with Crippen LogP contribution in [0.3, 0.4) is 0 Å². The summed E-state index contributed by atoms with van der Waals surface area (Å²) in [7, 11) is 0. The van der Waals surface area contributed by atoms with Gasteiger partial charge in [0.25, 0.3) is 0 Å². The zero-order valence-corrected chi connectivity index (χ0v) is 11.2. The Labute approximate surface area is 114 Å². The van der Waals surface area contributed by atoms with Gasteiger partial charge in [0, 0.05) is 37.9 Å². The predicted octanol–water partition coefficient (Wildman–Crippen LogP) is 1.12. The molecule has 3 rings (SSSR count). The highest BCUT2D eigenvalue weighted by Crippen LogP contribution is 2.27. The molecule has 0 radical (unpaired) electrons. The predicted molar refractivity (Wildman–Crippen MR) is 75.7 cm³/mol. The average molecular weight is 259 g/mol. The zero-order valence-electron chi connectivity index (χ0n) is 11.2. The maximum Gasteiger partial charge on any atom is 0.227 e. The molecule has 1 saturated carbocycles. The number of benzene rings is 1. The molecular formula is C15H21N3O. The molecule has 1 heterocycles. The summed E-state index contributed by atoms with van der Waals surface area (Å²) in [5.41, 5.74) is 7.47. The Kier molecular flexibility index (Phi) is 3.42. The summed E-state index contributed by atoms with van der Waals surface area (Å²) in [6.45, 7) is 3.82. The van der Waals surface area contributed by atoms with Crippen LogP contribution < -0.4 is 5.73 Å². The van der Waals surface area contributed by atoms with Crippen molar-refractivity contribution in [3.63, 3.8) is 0 Å². The number of nitrogens with two attached hydrogens (primary N) is 1. The van der Waals surface area contributed by atoms with Crippen molar-refractivity contribution in [3.05, 3.63) is 29.8 Å². The van der Waals surface area contributed by atoms with E-state index in [-0.39, 0.29) is 5.91 Å². The molecule has 1 aromatic rings. The Morgan fingerprint density at radius 3 is 2.58 bits per heavy atom. The van der Waals surface area contributed by atoms with Crippen LogP contribution in [0.1, 0.15) is 18.4 Å². The van der Waals surface area contributed by atoms with E-state index < -0.39 is 0 Å². The van der Waals surface area contributed by atoms with Crippen molar-refractivity contribution in [1.82, 2.24) is 9.80 Å². The van der Waals surface area contributed by atoms with E-state index in [0.29, 0.717) is 6.42 Å². The van der Waals surface area contributed by atoms with Crippen molar-refractivity contribution in [2.24, 2.45) is 0 Å². The molecule has 2 aliphatic rings. The van der Waals surface area contributed by atoms with Crippen LogP contribution in [-0.2, 0) is 11.2 Å². The standard InChI is InChI=1S/C15H21N3O/c16-13-3-1-2-12(10-13)11-15(19)18-8-6-17(7-9-18)14-4-5-14/h1-3,10,14H,4-9,11,16H2. The molecule has 1 saturated heterocycles. The molecule has 102 valence electrons. The van der Waals surface area contributed by atoms with Crippen molar-refractivity contribution >= 4 is 11.6 Å². The molecular weight excluding hydrogens is 238 g/mol. The van der Waals surface area contributed by atoms with E-state index in [2.05, 4.69) is 4.90 Å². The average Bonchev–Trinajstić information content (AvgIpc) is 3.23. The monoisotopic (exact) mass is 259 g/mol. The van der Waals surface area contributed by atoms with Crippen LogP contribution in [0.4, 0.5) is 5.69 Å². The molecule has 1 aliphatic heterocycles. The van der Waals surface area contributed by atoms with E-state index in [4.69, 9.17) is 5.73 Å². The number of hydrogen-bond donors (Lipinski definition) is 1. The van der Waals surface area contributed by atoms with Gasteiger partial charge in [-0.25, -0.2) is 0 Å². The molecule has 1 amide bonds. The Morgan fingerprint density at radius 1 is 1.21 bits per heavy atom. The lowest BCUT2D eigenvalue weighted by Gasteiger charge is -2.34. The molecule has 0 bridgehead atoms. The topological polar surface area (TPSA) is 49.6 Å². The first-order valence-electron chi connectivity index (χ1n) is 7.08. The Balaban J connectivity index is 1.53. The van der Waals surface area contributed by atoms with Crippen molar-refractivity contribution in [3.8, 4) is 0 Å². The Morgan fingerprint density at radius 2 is 1.95 bits per heavy atom. The van der Waals surface area contributed by atoms with Gasteiger partial charge in [0.2, 0.25) is 5.91 Å². The van der Waals surface area contributed by atoms with Crippen LogP contribution in [0.5, 0.6) is 0 Å². The quantitative estimate of drug-likeness (QED) is 0.828. The Bertz CT molecular complexity index is 462. The van der Waals surface area contributed by atoms with Gasteiger partial charge in [-0.3, -0.25) is 9.69 Å². The fourth-order valence-corrected chi connectivity index (χ4v) is 2.77. The minimum absolute atomic E-state index is 0.223. The number of nitrogens with zero attached hydrogens (tertiary/aromatic N) is 2. The first-order valence-corrected chi connectivity index (χ1v) is 7.08. The summed E-state index contributed by atoms with van der Waals surface area (Å²) in [4.78, 5) is 16.7. The maximum absolute atomic E-state index is 12.2. The summed E-state index contributed by atoms with van der Waals surface area (Å²) >= 11 is 0. The summed E-state index contributed by atoms with van der Waals surface area (Å²) in [5, 5.41) is 0. The summed E-state index contributed by atoms with van der Waals surface area (Å²) in [5.74, 6) is 0.223. The third kappa shape index (κ3) is 3.07. The van der Waals surface area contributed by atoms with E-state index >= 15 is 0 Å². The van der Waals surface area contributed by atoms with E-state index in [0.717, 1.165) is 43.5 Å². The molecule has 0 atom stereocenters. The van der Waals surface area contributed by atoms with Crippen molar-refractivity contribution in [2.75, 3.05) is 31.9 Å². The van der Waals surface area contributed by atoms with Crippen molar-refractivity contribution in [2.45, 2.75) is 25.3 Å². The van der Waals surface area contributed by atoms with Crippen molar-refractivity contribution < 1.29 is 4.79 Å². The van der Waals surface area contributed by atoms with E-state index in [1.807, 2.05) is 29.2 Å². The van der Waals surface area contributed by atoms with Crippen LogP contribution >= 0.6 is 0 Å². The number of nitrogen functional groups attached to an aromatic ring is 1. The maximum atomic E-state index is 12.2. The zero-order chi connectivity index (χ0) is 13.2. The van der Waals surface area contributed by atoms with Gasteiger partial charge in [0.15, 0.2) is 0 Å². The van der Waals surface area contributed by atoms with Gasteiger partial charge in [-0.1, -0.05) is 12.1 Å². The van der Waals surface area contributed by atoms with Gasteiger partial charge < -0.3 is 10.6 Å². The Hall–Kier alpha value is -1.55. The van der Waals surface area contributed by atoms with Gasteiger partial charge in [-0.05, 0) is 30.5 Å². The van der Waals surface area contributed by atoms with E-state index in [1.165, 1.54) is 12.8 Å². The molecule has 4 nitrogen and oxygen atoms in total. The van der Waals surface area contributed by atoms with Crippen LogP contribution in [-0.4, -0.2) is 47.9 Å². The van der Waals surface area contributed by atoms with Gasteiger partial charge in [0.1, 0.15) is 0 Å². The number of carbonyl (C=O) groups excluding carboxylic acids is 1. The first kappa shape index (κ1) is 12.5. The molecule has 0 spiro atoms. The number of hydrogen-bond acceptors (Lipinski definition) is 3. The van der Waals surface area contributed by atoms with Crippen LogP contribution in [0.2, 0.25) is 0 Å². The number of amides is 1. The molecule has 2 fully saturated rings. The molecule has 1 aliphatic carbocycles. The second-order valence-corrected chi connectivity index (χ2v) is 5.57. The molecule has 4 heteroatoms. The molecule has 2 N–H and O–H groups in total. The molecule has 19 heavy (non-hydrogen) atoms. The highest BCUT2D eigenvalue weighted by atomic mass is 16.2. The number of piperazine rings is 1. The molecule has 1 aromatic carbocycles. The van der Waals surface area contributed by atoms with Gasteiger partial charge >= 0.3 is 0 Å². The smallest absolute Gasteiger partial charge is 0.227 e. The lowest BCUT2D eigenvalue weighted by molar-refractivity contribution is -0.132. The van der Waals surface area contributed by atoms with Crippen molar-refractivity contribution in [1.29, 1.82) is 0 Å². The minimum atomic E-state index is 0.223. The fraction of sp³-hybridized carbons (Fsp3) is 0.533. The lowest BCUT2D eigenvalue weighted by atomic mass is 10.1. The van der Waals surface area contributed by atoms with E-state index in [9.17, 15) is 4.79 Å². The fourth-order valence-electron chi connectivity index (χ4n) is 2.77. The molecule has 0 unspecified atom stereocenters. The van der Waals surface area contributed by atoms with Crippen LogP contribution in [0.25, 0.3) is 0 Å². The van der Waals surface area contributed by atoms with Gasteiger partial charge in [-0.15, -0.1) is 0 Å². The van der Waals surface area contributed by atoms with Crippen LogP contribution in [0, 0.1) is 0 Å². The highest BCUT2D eigenvalue weighted by molar-refractivity contribution is 5.79.